The predicted octanol–water partition coefficient (Wildman–Crippen LogP) is 1.96. The Bertz CT molecular complexity index is 276. The molecule has 58 valence electrons. The predicted molar refractivity (Wildman–Crippen MR) is 43.6 cm³/mol. The van der Waals surface area contributed by atoms with Crippen molar-refractivity contribution < 1.29 is 4.42 Å². The second kappa shape index (κ2) is 3.56. The Hall–Kier alpha value is -0.790. The van der Waals surface area contributed by atoms with Crippen molar-refractivity contribution in [2.45, 2.75) is 12.5 Å². The third kappa shape index (κ3) is 2.07. The van der Waals surface area contributed by atoms with E-state index < -0.39 is 0 Å². The van der Waals surface area contributed by atoms with Gasteiger partial charge in [0.1, 0.15) is 0 Å². The van der Waals surface area contributed by atoms with Gasteiger partial charge in [-0.1, -0.05) is 0 Å². The first-order valence-electron chi connectivity index (χ1n) is 3.10. The summed E-state index contributed by atoms with van der Waals surface area (Å²) >= 11 is 3.15. The zero-order valence-corrected chi connectivity index (χ0v) is 7.34. The third-order valence-electron chi connectivity index (χ3n) is 1.33. The molecular formula is C7H7BrN2O. The first-order chi connectivity index (χ1) is 5.24. The molecule has 0 fully saturated rings. The molecule has 0 radical (unpaired) electrons. The van der Waals surface area contributed by atoms with Crippen molar-refractivity contribution in [3.63, 3.8) is 0 Å². The molecule has 1 aromatic rings. The molecule has 0 aliphatic heterocycles. The van der Waals surface area contributed by atoms with Gasteiger partial charge in [-0.2, -0.15) is 5.26 Å². The second-order valence-corrected chi connectivity index (χ2v) is 2.93. The zero-order chi connectivity index (χ0) is 8.27. The van der Waals surface area contributed by atoms with E-state index in [0.717, 1.165) is 5.56 Å². The molecule has 4 heteroatoms. The van der Waals surface area contributed by atoms with E-state index in [0.29, 0.717) is 11.1 Å². The van der Waals surface area contributed by atoms with Gasteiger partial charge in [-0.25, -0.2) is 0 Å². The summed E-state index contributed by atoms with van der Waals surface area (Å²) < 4.78 is 5.60. The van der Waals surface area contributed by atoms with Crippen LogP contribution in [0.1, 0.15) is 18.0 Å². The molecule has 1 heterocycles. The summed E-state index contributed by atoms with van der Waals surface area (Å²) in [5.74, 6) is 0. The van der Waals surface area contributed by atoms with E-state index in [2.05, 4.69) is 15.9 Å². The summed E-state index contributed by atoms with van der Waals surface area (Å²) in [5.41, 5.74) is 6.46. The largest absolute Gasteiger partial charge is 0.457 e. The SMILES string of the molecule is N#CCC(N)c1coc(Br)c1. The molecule has 1 aromatic heterocycles. The molecule has 0 saturated carbocycles. The van der Waals surface area contributed by atoms with Crippen LogP contribution in [0.4, 0.5) is 0 Å². The highest BCUT2D eigenvalue weighted by Crippen LogP contribution is 2.20. The lowest BCUT2D eigenvalue weighted by atomic mass is 10.1. The van der Waals surface area contributed by atoms with Crippen LogP contribution < -0.4 is 5.73 Å². The van der Waals surface area contributed by atoms with Gasteiger partial charge in [-0.05, 0) is 22.0 Å². The molecule has 2 N–H and O–H groups in total. The average molecular weight is 215 g/mol. The molecule has 1 rings (SSSR count). The number of hydrogen-bond acceptors (Lipinski definition) is 3. The summed E-state index contributed by atoms with van der Waals surface area (Å²) in [6.07, 6.45) is 1.86. The Kier molecular flexibility index (Phi) is 2.69. The second-order valence-electron chi connectivity index (χ2n) is 2.15. The third-order valence-corrected chi connectivity index (χ3v) is 1.74. The monoisotopic (exact) mass is 214 g/mol. The average Bonchev–Trinajstić information content (AvgIpc) is 2.36. The van der Waals surface area contributed by atoms with Gasteiger partial charge in [-0.15, -0.1) is 0 Å². The van der Waals surface area contributed by atoms with Gasteiger partial charge >= 0.3 is 0 Å². The van der Waals surface area contributed by atoms with Crippen molar-refractivity contribution >= 4 is 15.9 Å². The van der Waals surface area contributed by atoms with E-state index in [1.165, 1.54) is 0 Å². The van der Waals surface area contributed by atoms with Crippen molar-refractivity contribution in [3.05, 3.63) is 22.6 Å². The highest BCUT2D eigenvalue weighted by atomic mass is 79.9. The van der Waals surface area contributed by atoms with E-state index >= 15 is 0 Å². The Balaban J connectivity index is 2.70. The molecule has 0 bridgehead atoms. The summed E-state index contributed by atoms with van der Waals surface area (Å²) in [6, 6.07) is 3.52. The molecule has 0 aliphatic carbocycles. The molecule has 0 aromatic carbocycles. The molecule has 0 spiro atoms. The summed E-state index contributed by atoms with van der Waals surface area (Å²) in [5, 5.41) is 8.33. The summed E-state index contributed by atoms with van der Waals surface area (Å²) in [6.45, 7) is 0. The number of rotatable bonds is 2. The number of furan rings is 1. The molecule has 0 aliphatic rings. The quantitative estimate of drug-likeness (QED) is 0.819. The standard InChI is InChI=1S/C7H7BrN2O/c8-7-3-5(4-11-7)6(10)1-2-9/h3-4,6H,1,10H2. The lowest BCUT2D eigenvalue weighted by Gasteiger charge is -2.00. The lowest BCUT2D eigenvalue weighted by Crippen LogP contribution is -2.07. The number of nitriles is 1. The van der Waals surface area contributed by atoms with Crippen LogP contribution in [-0.2, 0) is 0 Å². The van der Waals surface area contributed by atoms with E-state index in [9.17, 15) is 0 Å². The first kappa shape index (κ1) is 8.31. The van der Waals surface area contributed by atoms with Crippen LogP contribution in [0.3, 0.4) is 0 Å². The molecule has 11 heavy (non-hydrogen) atoms. The Morgan fingerprint density at radius 2 is 2.55 bits per heavy atom. The van der Waals surface area contributed by atoms with Gasteiger partial charge in [-0.3, -0.25) is 0 Å². The smallest absolute Gasteiger partial charge is 0.169 e. The van der Waals surface area contributed by atoms with E-state index in [1.807, 2.05) is 6.07 Å². The van der Waals surface area contributed by atoms with Crippen LogP contribution in [0.5, 0.6) is 0 Å². The van der Waals surface area contributed by atoms with E-state index in [1.54, 1.807) is 12.3 Å². The van der Waals surface area contributed by atoms with Crippen LogP contribution in [0.25, 0.3) is 0 Å². The number of nitrogens with two attached hydrogens (primary N) is 1. The molecule has 1 atom stereocenters. The summed E-state index contributed by atoms with van der Waals surface area (Å²) in [4.78, 5) is 0. The Morgan fingerprint density at radius 1 is 1.82 bits per heavy atom. The number of halogens is 1. The topological polar surface area (TPSA) is 63.0 Å². The van der Waals surface area contributed by atoms with Crippen LogP contribution in [0.15, 0.2) is 21.4 Å². The fourth-order valence-corrected chi connectivity index (χ4v) is 1.09. The maximum Gasteiger partial charge on any atom is 0.169 e. The van der Waals surface area contributed by atoms with Gasteiger partial charge < -0.3 is 10.2 Å². The molecule has 1 unspecified atom stereocenters. The van der Waals surface area contributed by atoms with Gasteiger partial charge in [0.25, 0.3) is 0 Å². The molecule has 3 nitrogen and oxygen atoms in total. The van der Waals surface area contributed by atoms with Crippen LogP contribution >= 0.6 is 15.9 Å². The van der Waals surface area contributed by atoms with Crippen molar-refractivity contribution in [1.29, 1.82) is 5.26 Å². The van der Waals surface area contributed by atoms with Crippen molar-refractivity contribution in [1.82, 2.24) is 0 Å². The van der Waals surface area contributed by atoms with Gasteiger partial charge in [0.05, 0.1) is 18.8 Å². The van der Waals surface area contributed by atoms with Gasteiger partial charge in [0.15, 0.2) is 4.67 Å². The Morgan fingerprint density at radius 3 is 3.00 bits per heavy atom. The van der Waals surface area contributed by atoms with Gasteiger partial charge in [0.2, 0.25) is 0 Å². The van der Waals surface area contributed by atoms with Crippen LogP contribution in [-0.4, -0.2) is 0 Å². The fourth-order valence-electron chi connectivity index (χ4n) is 0.734. The number of hydrogen-bond donors (Lipinski definition) is 1. The normalized spacial score (nSPS) is 12.5. The highest BCUT2D eigenvalue weighted by Gasteiger charge is 2.07. The van der Waals surface area contributed by atoms with E-state index in [4.69, 9.17) is 15.4 Å². The maximum absolute atomic E-state index is 8.33. The molecule has 0 amide bonds. The minimum Gasteiger partial charge on any atom is -0.457 e. The maximum atomic E-state index is 8.33. The first-order valence-corrected chi connectivity index (χ1v) is 3.90. The minimum atomic E-state index is -0.241. The van der Waals surface area contributed by atoms with Crippen LogP contribution in [0, 0.1) is 11.3 Å². The highest BCUT2D eigenvalue weighted by molar-refractivity contribution is 9.10. The van der Waals surface area contributed by atoms with Crippen molar-refractivity contribution in [2.75, 3.05) is 0 Å². The Labute approximate surface area is 72.9 Å². The van der Waals surface area contributed by atoms with Crippen molar-refractivity contribution in [3.8, 4) is 6.07 Å². The minimum absolute atomic E-state index is 0.241. The van der Waals surface area contributed by atoms with Gasteiger partial charge in [0, 0.05) is 11.6 Å². The van der Waals surface area contributed by atoms with E-state index in [-0.39, 0.29) is 6.04 Å². The number of nitrogens with zero attached hydrogens (tertiary/aromatic N) is 1. The lowest BCUT2D eigenvalue weighted by molar-refractivity contribution is 0.535. The zero-order valence-electron chi connectivity index (χ0n) is 5.75. The van der Waals surface area contributed by atoms with Crippen molar-refractivity contribution in [2.24, 2.45) is 5.73 Å². The summed E-state index contributed by atoms with van der Waals surface area (Å²) in [7, 11) is 0. The molecule has 0 saturated heterocycles. The molecular weight excluding hydrogens is 208 g/mol. The van der Waals surface area contributed by atoms with Crippen LogP contribution in [0.2, 0.25) is 0 Å². The fraction of sp³-hybridized carbons (Fsp3) is 0.286.